The molecule has 0 spiro atoms. The van der Waals surface area contributed by atoms with Gasteiger partial charge in [-0.2, -0.15) is 5.10 Å². The Morgan fingerprint density at radius 2 is 1.86 bits per heavy atom. The van der Waals surface area contributed by atoms with Crippen LogP contribution in [0.4, 0.5) is 11.4 Å². The Hall–Kier alpha value is -3.46. The molecule has 3 aromatic rings. The zero-order valence-electron chi connectivity index (χ0n) is 15.1. The lowest BCUT2D eigenvalue weighted by atomic mass is 10.2. The van der Waals surface area contributed by atoms with Crippen molar-refractivity contribution >= 4 is 29.0 Å². The number of carbonyl (C=O) groups is 1. The summed E-state index contributed by atoms with van der Waals surface area (Å²) in [6.07, 6.45) is 1.87. The molecular weight excluding hydrogens is 380 g/mol. The van der Waals surface area contributed by atoms with Gasteiger partial charge in [0, 0.05) is 22.7 Å². The Morgan fingerprint density at radius 3 is 2.57 bits per heavy atom. The predicted molar refractivity (Wildman–Crippen MR) is 107 cm³/mol. The third kappa shape index (κ3) is 3.79. The van der Waals surface area contributed by atoms with Gasteiger partial charge < -0.3 is 5.32 Å². The van der Waals surface area contributed by atoms with E-state index in [0.717, 1.165) is 4.90 Å². The van der Waals surface area contributed by atoms with Crippen molar-refractivity contribution in [1.29, 1.82) is 0 Å². The topological polar surface area (TPSA) is 107 Å². The molecular formula is C19H16N4O4S. The van der Waals surface area contributed by atoms with Crippen molar-refractivity contribution in [3.63, 3.8) is 0 Å². The Labute approximate surface area is 164 Å². The van der Waals surface area contributed by atoms with Gasteiger partial charge in [0.2, 0.25) is 5.43 Å². The monoisotopic (exact) mass is 396 g/mol. The molecule has 0 saturated carbocycles. The fourth-order valence-electron chi connectivity index (χ4n) is 2.68. The lowest BCUT2D eigenvalue weighted by Gasteiger charge is -2.12. The van der Waals surface area contributed by atoms with Gasteiger partial charge in [-0.15, -0.1) is 11.8 Å². The van der Waals surface area contributed by atoms with E-state index < -0.39 is 16.3 Å². The maximum atomic E-state index is 12.7. The molecule has 0 fully saturated rings. The fourth-order valence-corrected chi connectivity index (χ4v) is 3.23. The summed E-state index contributed by atoms with van der Waals surface area (Å²) in [6, 6.07) is 14.4. The van der Waals surface area contributed by atoms with Gasteiger partial charge in [0.25, 0.3) is 11.6 Å². The maximum Gasteiger partial charge on any atom is 0.294 e. The number of nitro groups is 1. The quantitative estimate of drug-likeness (QED) is 0.402. The number of hydrogen-bond donors (Lipinski definition) is 1. The zero-order chi connectivity index (χ0) is 20.3. The summed E-state index contributed by atoms with van der Waals surface area (Å²) >= 11 is 1.45. The lowest BCUT2D eigenvalue weighted by Crippen LogP contribution is -2.27. The first-order chi connectivity index (χ1) is 13.4. The lowest BCUT2D eigenvalue weighted by molar-refractivity contribution is -0.384. The first kappa shape index (κ1) is 19.3. The number of nitrogens with one attached hydrogen (secondary N) is 1. The van der Waals surface area contributed by atoms with Gasteiger partial charge in [-0.1, -0.05) is 24.3 Å². The van der Waals surface area contributed by atoms with Crippen molar-refractivity contribution in [1.82, 2.24) is 9.78 Å². The number of aromatic nitrogens is 2. The van der Waals surface area contributed by atoms with Gasteiger partial charge in [-0.05, 0) is 31.4 Å². The number of rotatable bonds is 5. The SMILES string of the molecule is CSc1ccccc1NC(=O)c1nn(-c2ccccc2[N+](=O)[O-])c(C)cc1=O. The predicted octanol–water partition coefficient (Wildman–Crippen LogP) is 3.42. The number of anilines is 1. The molecule has 142 valence electrons. The minimum absolute atomic E-state index is 0.170. The van der Waals surface area contributed by atoms with E-state index in [2.05, 4.69) is 10.4 Å². The smallest absolute Gasteiger partial charge is 0.294 e. The van der Waals surface area contributed by atoms with Crippen LogP contribution in [0.15, 0.2) is 64.3 Å². The number of hydrogen-bond acceptors (Lipinski definition) is 6. The van der Waals surface area contributed by atoms with Crippen molar-refractivity contribution in [2.75, 3.05) is 11.6 Å². The Balaban J connectivity index is 2.07. The highest BCUT2D eigenvalue weighted by atomic mass is 32.2. The molecule has 1 heterocycles. The van der Waals surface area contributed by atoms with Gasteiger partial charge in [-0.3, -0.25) is 19.7 Å². The van der Waals surface area contributed by atoms with Gasteiger partial charge in [0.05, 0.1) is 10.6 Å². The second-order valence-corrected chi connectivity index (χ2v) is 6.66. The van der Waals surface area contributed by atoms with E-state index in [0.29, 0.717) is 11.4 Å². The molecule has 0 aliphatic rings. The molecule has 0 aliphatic carbocycles. The van der Waals surface area contributed by atoms with Crippen molar-refractivity contribution < 1.29 is 9.72 Å². The Kier molecular flexibility index (Phi) is 5.55. The van der Waals surface area contributed by atoms with Crippen molar-refractivity contribution in [3.8, 4) is 5.69 Å². The van der Waals surface area contributed by atoms with Crippen LogP contribution in [-0.2, 0) is 0 Å². The van der Waals surface area contributed by atoms with Crippen LogP contribution >= 0.6 is 11.8 Å². The van der Waals surface area contributed by atoms with Gasteiger partial charge in [0.1, 0.15) is 5.69 Å². The van der Waals surface area contributed by atoms with E-state index in [1.807, 2.05) is 18.4 Å². The van der Waals surface area contributed by atoms with Crippen LogP contribution in [0, 0.1) is 17.0 Å². The van der Waals surface area contributed by atoms with Crippen LogP contribution in [0.25, 0.3) is 5.69 Å². The number of nitro benzene ring substituents is 1. The number of para-hydroxylation sites is 3. The van der Waals surface area contributed by atoms with Gasteiger partial charge >= 0.3 is 0 Å². The average molecular weight is 396 g/mol. The molecule has 1 aromatic heterocycles. The molecule has 0 radical (unpaired) electrons. The summed E-state index contributed by atoms with van der Waals surface area (Å²) in [6.45, 7) is 1.59. The van der Waals surface area contributed by atoms with Crippen LogP contribution in [0.5, 0.6) is 0 Å². The molecule has 3 rings (SSSR count). The number of nitrogens with zero attached hydrogens (tertiary/aromatic N) is 3. The minimum atomic E-state index is -0.682. The molecule has 28 heavy (non-hydrogen) atoms. The first-order valence-corrected chi connectivity index (χ1v) is 9.44. The molecule has 1 amide bonds. The summed E-state index contributed by atoms with van der Waals surface area (Å²) in [4.78, 5) is 36.7. The van der Waals surface area contributed by atoms with E-state index in [-0.39, 0.29) is 17.1 Å². The second kappa shape index (κ2) is 8.05. The van der Waals surface area contributed by atoms with E-state index in [1.165, 1.54) is 40.7 Å². The summed E-state index contributed by atoms with van der Waals surface area (Å²) < 4.78 is 1.23. The van der Waals surface area contributed by atoms with E-state index >= 15 is 0 Å². The highest BCUT2D eigenvalue weighted by Crippen LogP contribution is 2.25. The van der Waals surface area contributed by atoms with Crippen molar-refractivity contribution in [2.45, 2.75) is 11.8 Å². The molecule has 8 nitrogen and oxygen atoms in total. The molecule has 9 heteroatoms. The second-order valence-electron chi connectivity index (χ2n) is 5.81. The molecule has 0 saturated heterocycles. The van der Waals surface area contributed by atoms with Crippen molar-refractivity contribution in [3.05, 3.63) is 86.3 Å². The number of amides is 1. The minimum Gasteiger partial charge on any atom is -0.319 e. The average Bonchev–Trinajstić information content (AvgIpc) is 2.68. The van der Waals surface area contributed by atoms with Crippen LogP contribution in [-0.4, -0.2) is 26.9 Å². The van der Waals surface area contributed by atoms with Crippen LogP contribution in [0.2, 0.25) is 0 Å². The number of carbonyl (C=O) groups excluding carboxylic acids is 1. The Bertz CT molecular complexity index is 1130. The zero-order valence-corrected chi connectivity index (χ0v) is 15.9. The van der Waals surface area contributed by atoms with Crippen molar-refractivity contribution in [2.24, 2.45) is 0 Å². The number of thioether (sulfide) groups is 1. The van der Waals surface area contributed by atoms with Gasteiger partial charge in [0.15, 0.2) is 5.69 Å². The van der Waals surface area contributed by atoms with Crippen LogP contribution in [0.3, 0.4) is 0 Å². The van der Waals surface area contributed by atoms with E-state index in [1.54, 1.807) is 25.1 Å². The molecule has 0 aliphatic heterocycles. The summed E-state index contributed by atoms with van der Waals surface area (Å²) in [5.41, 5.74) is 0.00917. The van der Waals surface area contributed by atoms with Crippen LogP contribution < -0.4 is 10.7 Å². The number of aryl methyl sites for hydroxylation is 1. The molecule has 0 bridgehead atoms. The first-order valence-electron chi connectivity index (χ1n) is 8.21. The maximum absolute atomic E-state index is 12.7. The van der Waals surface area contributed by atoms with E-state index in [9.17, 15) is 19.7 Å². The van der Waals surface area contributed by atoms with Gasteiger partial charge in [-0.25, -0.2) is 4.68 Å². The third-order valence-electron chi connectivity index (χ3n) is 3.98. The Morgan fingerprint density at radius 1 is 1.18 bits per heavy atom. The summed E-state index contributed by atoms with van der Waals surface area (Å²) in [5.74, 6) is -0.682. The van der Waals surface area contributed by atoms with E-state index in [4.69, 9.17) is 0 Å². The number of benzene rings is 2. The molecule has 2 aromatic carbocycles. The normalized spacial score (nSPS) is 10.5. The third-order valence-corrected chi connectivity index (χ3v) is 4.78. The molecule has 0 unspecified atom stereocenters. The highest BCUT2D eigenvalue weighted by Gasteiger charge is 2.20. The summed E-state index contributed by atoms with van der Waals surface area (Å²) in [5, 5.41) is 18.1. The standard InChI is InChI=1S/C19H16N4O4S/c1-12-11-16(24)18(19(25)20-13-7-3-6-10-17(13)28-2)21-22(12)14-8-4-5-9-15(14)23(26)27/h3-11H,1-2H3,(H,20,25). The molecule has 0 atom stereocenters. The van der Waals surface area contributed by atoms with Crippen LogP contribution in [0.1, 0.15) is 16.2 Å². The molecule has 1 N–H and O–H groups in total. The highest BCUT2D eigenvalue weighted by molar-refractivity contribution is 7.98. The summed E-state index contributed by atoms with van der Waals surface area (Å²) in [7, 11) is 0. The fraction of sp³-hybridized carbons (Fsp3) is 0.105. The largest absolute Gasteiger partial charge is 0.319 e.